The minimum Gasteiger partial charge on any atom is -0.490 e. The molecule has 6 heteroatoms. The number of nitrogens with one attached hydrogen (secondary N) is 1. The Morgan fingerprint density at radius 1 is 1.11 bits per heavy atom. The maximum absolute atomic E-state index is 6.13. The van der Waals surface area contributed by atoms with Gasteiger partial charge in [0.1, 0.15) is 11.9 Å². The molecule has 0 aliphatic carbocycles. The van der Waals surface area contributed by atoms with Crippen molar-refractivity contribution in [2.75, 3.05) is 59.4 Å². The fraction of sp³-hybridized carbons (Fsp3) is 0.682. The van der Waals surface area contributed by atoms with E-state index in [9.17, 15) is 0 Å². The van der Waals surface area contributed by atoms with E-state index in [1.54, 1.807) is 0 Å². The van der Waals surface area contributed by atoms with Gasteiger partial charge in [0.25, 0.3) is 0 Å². The fourth-order valence-electron chi connectivity index (χ4n) is 3.90. The Hall–Kier alpha value is -1.79. The summed E-state index contributed by atoms with van der Waals surface area (Å²) in [4.78, 5) is 12.3. The summed E-state index contributed by atoms with van der Waals surface area (Å²) in [6, 6.07) is 10.7. The molecule has 2 fully saturated rings. The number of hydrogen-bond donors (Lipinski definition) is 1. The average Bonchev–Trinajstić information content (AvgIpc) is 2.73. The normalized spacial score (nSPS) is 21.5. The van der Waals surface area contributed by atoms with Crippen LogP contribution in [0.3, 0.4) is 0 Å². The summed E-state index contributed by atoms with van der Waals surface area (Å²) in [6.07, 6.45) is 2.37. The van der Waals surface area contributed by atoms with Crippen molar-refractivity contribution in [1.29, 1.82) is 0 Å². The van der Waals surface area contributed by atoms with Crippen LogP contribution in [0, 0.1) is 0 Å². The zero-order valence-corrected chi connectivity index (χ0v) is 17.8. The van der Waals surface area contributed by atoms with Gasteiger partial charge in [-0.15, -0.1) is 0 Å². The molecule has 28 heavy (non-hydrogen) atoms. The third-order valence-electron chi connectivity index (χ3n) is 5.79. The van der Waals surface area contributed by atoms with Gasteiger partial charge >= 0.3 is 0 Å². The van der Waals surface area contributed by atoms with Crippen LogP contribution in [0.1, 0.15) is 26.7 Å². The van der Waals surface area contributed by atoms with Gasteiger partial charge in [-0.1, -0.05) is 18.2 Å². The molecule has 1 unspecified atom stereocenters. The number of hydrogen-bond acceptors (Lipinski definition) is 4. The predicted octanol–water partition coefficient (Wildman–Crippen LogP) is 2.13. The Balaban J connectivity index is 1.49. The summed E-state index contributed by atoms with van der Waals surface area (Å²) in [6.45, 7) is 12.8. The van der Waals surface area contributed by atoms with E-state index in [1.165, 1.54) is 0 Å². The lowest BCUT2D eigenvalue weighted by Gasteiger charge is -2.37. The van der Waals surface area contributed by atoms with Gasteiger partial charge < -0.3 is 19.9 Å². The largest absolute Gasteiger partial charge is 0.490 e. The van der Waals surface area contributed by atoms with Crippen LogP contribution >= 0.6 is 0 Å². The third kappa shape index (κ3) is 6.11. The highest BCUT2D eigenvalue weighted by Crippen LogP contribution is 2.18. The molecule has 3 rings (SSSR count). The number of likely N-dealkylation sites (N-methyl/N-ethyl adjacent to an activating group) is 1. The van der Waals surface area contributed by atoms with E-state index in [1.807, 2.05) is 30.3 Å². The molecule has 0 radical (unpaired) electrons. The van der Waals surface area contributed by atoms with Gasteiger partial charge in [-0.3, -0.25) is 9.89 Å². The maximum Gasteiger partial charge on any atom is 0.193 e. The summed E-state index contributed by atoms with van der Waals surface area (Å²) in [5.74, 6) is 2.03. The monoisotopic (exact) mass is 387 g/mol. The van der Waals surface area contributed by atoms with Crippen molar-refractivity contribution in [3.05, 3.63) is 30.3 Å². The molecule has 1 aromatic rings. The van der Waals surface area contributed by atoms with Crippen LogP contribution in [0.2, 0.25) is 0 Å². The first-order valence-corrected chi connectivity index (χ1v) is 10.8. The van der Waals surface area contributed by atoms with E-state index in [0.29, 0.717) is 12.1 Å². The quantitative estimate of drug-likeness (QED) is 0.598. The topological polar surface area (TPSA) is 43.3 Å². The number of piperazine rings is 1. The van der Waals surface area contributed by atoms with Crippen molar-refractivity contribution >= 4 is 5.96 Å². The lowest BCUT2D eigenvalue weighted by molar-refractivity contribution is 0.120. The average molecular weight is 388 g/mol. The van der Waals surface area contributed by atoms with Gasteiger partial charge in [-0.25, -0.2) is 0 Å². The number of likely N-dealkylation sites (tertiary alicyclic amines) is 1. The molecule has 0 amide bonds. The van der Waals surface area contributed by atoms with Crippen LogP contribution < -0.4 is 10.1 Å². The van der Waals surface area contributed by atoms with E-state index in [-0.39, 0.29) is 0 Å². The molecule has 0 aromatic heterocycles. The summed E-state index contributed by atoms with van der Waals surface area (Å²) in [7, 11) is 2.20. The van der Waals surface area contributed by atoms with Gasteiger partial charge in [0, 0.05) is 64.7 Å². The molecular weight excluding hydrogens is 350 g/mol. The summed E-state index contributed by atoms with van der Waals surface area (Å²) >= 11 is 0. The number of para-hydroxylation sites is 1. The zero-order chi connectivity index (χ0) is 19.8. The molecule has 156 valence electrons. The van der Waals surface area contributed by atoms with Crippen LogP contribution in [0.5, 0.6) is 5.75 Å². The van der Waals surface area contributed by atoms with Crippen molar-refractivity contribution in [2.24, 2.45) is 4.99 Å². The van der Waals surface area contributed by atoms with Crippen molar-refractivity contribution < 1.29 is 4.74 Å². The Morgan fingerprint density at radius 2 is 1.79 bits per heavy atom. The number of rotatable bonds is 6. The molecular formula is C22H37N5O. The molecule has 0 bridgehead atoms. The van der Waals surface area contributed by atoms with E-state index < -0.39 is 0 Å². The molecule has 0 saturated carbocycles. The van der Waals surface area contributed by atoms with Crippen molar-refractivity contribution in [2.45, 2.75) is 38.8 Å². The highest BCUT2D eigenvalue weighted by Gasteiger charge is 2.23. The molecule has 2 saturated heterocycles. The first kappa shape index (κ1) is 20.9. The second-order valence-corrected chi connectivity index (χ2v) is 8.00. The number of piperidine rings is 1. The minimum absolute atomic E-state index is 0.297. The molecule has 2 aliphatic heterocycles. The summed E-state index contributed by atoms with van der Waals surface area (Å²) in [5, 5.41) is 3.49. The number of nitrogens with zero attached hydrogens (tertiary/aromatic N) is 4. The van der Waals surface area contributed by atoms with Crippen molar-refractivity contribution in [1.82, 2.24) is 20.0 Å². The lowest BCUT2D eigenvalue weighted by Crippen LogP contribution is -2.50. The first-order valence-electron chi connectivity index (χ1n) is 10.8. The number of ether oxygens (including phenoxy) is 1. The molecule has 1 N–H and O–H groups in total. The van der Waals surface area contributed by atoms with Gasteiger partial charge in [0.2, 0.25) is 0 Å². The summed E-state index contributed by atoms with van der Waals surface area (Å²) in [5.41, 5.74) is 0. The van der Waals surface area contributed by atoms with Crippen molar-refractivity contribution in [3.63, 3.8) is 0 Å². The Bertz CT molecular complexity index is 592. The first-order chi connectivity index (χ1) is 13.7. The highest BCUT2D eigenvalue weighted by atomic mass is 16.5. The minimum atomic E-state index is 0.297. The SMILES string of the molecule is CCNC(=NCC(C)N1CCN(C)CC1)N1CCC(Oc2ccccc2)CC1. The lowest BCUT2D eigenvalue weighted by atomic mass is 10.1. The molecule has 0 spiro atoms. The van der Waals surface area contributed by atoms with Gasteiger partial charge in [-0.2, -0.15) is 0 Å². The molecule has 1 aromatic carbocycles. The Morgan fingerprint density at radius 3 is 2.43 bits per heavy atom. The molecule has 1 atom stereocenters. The summed E-state index contributed by atoms with van der Waals surface area (Å²) < 4.78 is 6.13. The number of aliphatic imine (C=N–C) groups is 1. The van der Waals surface area contributed by atoms with Crippen LogP contribution in [-0.4, -0.2) is 92.2 Å². The standard InChI is InChI=1S/C22H37N5O/c1-4-23-22(24-18-19(2)26-16-14-25(3)15-17-26)27-12-10-21(11-13-27)28-20-8-6-5-7-9-20/h5-9,19,21H,4,10-18H2,1-3H3,(H,23,24). The zero-order valence-electron chi connectivity index (χ0n) is 17.8. The predicted molar refractivity (Wildman–Crippen MR) is 116 cm³/mol. The van der Waals surface area contributed by atoms with Crippen LogP contribution in [0.25, 0.3) is 0 Å². The Kier molecular flexibility index (Phi) is 7.98. The van der Waals surface area contributed by atoms with Gasteiger partial charge in [0.05, 0.1) is 6.54 Å². The van der Waals surface area contributed by atoms with Crippen molar-refractivity contribution in [3.8, 4) is 5.75 Å². The smallest absolute Gasteiger partial charge is 0.193 e. The number of benzene rings is 1. The van der Waals surface area contributed by atoms with E-state index in [0.717, 1.165) is 76.9 Å². The second-order valence-electron chi connectivity index (χ2n) is 8.00. The Labute approximate surface area is 170 Å². The maximum atomic E-state index is 6.13. The van der Waals surface area contributed by atoms with Gasteiger partial charge in [0.15, 0.2) is 5.96 Å². The van der Waals surface area contributed by atoms with Crippen LogP contribution in [0.4, 0.5) is 0 Å². The second kappa shape index (κ2) is 10.7. The van der Waals surface area contributed by atoms with Gasteiger partial charge in [-0.05, 0) is 33.0 Å². The highest BCUT2D eigenvalue weighted by molar-refractivity contribution is 5.80. The fourth-order valence-corrected chi connectivity index (χ4v) is 3.90. The van der Waals surface area contributed by atoms with E-state index in [4.69, 9.17) is 9.73 Å². The molecule has 2 aliphatic rings. The molecule has 2 heterocycles. The number of guanidine groups is 1. The third-order valence-corrected chi connectivity index (χ3v) is 5.79. The van der Waals surface area contributed by atoms with E-state index >= 15 is 0 Å². The van der Waals surface area contributed by atoms with Crippen LogP contribution in [-0.2, 0) is 0 Å². The molecule has 6 nitrogen and oxygen atoms in total. The van der Waals surface area contributed by atoms with E-state index in [2.05, 4.69) is 40.9 Å². The van der Waals surface area contributed by atoms with Crippen LogP contribution in [0.15, 0.2) is 35.3 Å².